The van der Waals surface area contributed by atoms with E-state index in [4.69, 9.17) is 16.3 Å². The fourth-order valence-corrected chi connectivity index (χ4v) is 1.33. The van der Waals surface area contributed by atoms with E-state index in [1.54, 1.807) is 6.92 Å². The SMILES string of the molecule is COc1cc(C)c(C(F)F)nc1CCl. The Kier molecular flexibility index (Phi) is 3.63. The van der Waals surface area contributed by atoms with E-state index in [9.17, 15) is 8.78 Å². The van der Waals surface area contributed by atoms with Gasteiger partial charge in [0.15, 0.2) is 0 Å². The second-order valence-corrected chi connectivity index (χ2v) is 3.04. The van der Waals surface area contributed by atoms with Crippen molar-refractivity contribution in [3.05, 3.63) is 23.0 Å². The van der Waals surface area contributed by atoms with Crippen LogP contribution >= 0.6 is 11.6 Å². The summed E-state index contributed by atoms with van der Waals surface area (Å²) in [5.74, 6) is 0.505. The minimum atomic E-state index is -2.58. The van der Waals surface area contributed by atoms with E-state index in [1.165, 1.54) is 13.2 Å². The molecule has 0 fully saturated rings. The van der Waals surface area contributed by atoms with Crippen molar-refractivity contribution in [2.24, 2.45) is 0 Å². The topological polar surface area (TPSA) is 22.1 Å². The summed E-state index contributed by atoms with van der Waals surface area (Å²) in [6, 6.07) is 1.52. The Bertz CT molecular complexity index is 331. The molecule has 0 aromatic carbocycles. The lowest BCUT2D eigenvalue weighted by Crippen LogP contribution is -2.01. The molecule has 14 heavy (non-hydrogen) atoms. The number of nitrogens with zero attached hydrogens (tertiary/aromatic N) is 1. The first-order valence-electron chi connectivity index (χ1n) is 3.98. The highest BCUT2D eigenvalue weighted by Gasteiger charge is 2.16. The van der Waals surface area contributed by atoms with Gasteiger partial charge in [0.1, 0.15) is 11.4 Å². The van der Waals surface area contributed by atoms with Crippen molar-refractivity contribution in [3.63, 3.8) is 0 Å². The van der Waals surface area contributed by atoms with Crippen LogP contribution in [0.1, 0.15) is 23.4 Å². The molecule has 5 heteroatoms. The first kappa shape index (κ1) is 11.2. The number of pyridine rings is 1. The fourth-order valence-electron chi connectivity index (χ4n) is 1.14. The molecular weight excluding hydrogens is 212 g/mol. The quantitative estimate of drug-likeness (QED) is 0.732. The van der Waals surface area contributed by atoms with Crippen molar-refractivity contribution in [2.75, 3.05) is 7.11 Å². The molecule has 0 unspecified atom stereocenters. The highest BCUT2D eigenvalue weighted by molar-refractivity contribution is 6.17. The molecule has 0 atom stereocenters. The first-order valence-corrected chi connectivity index (χ1v) is 4.52. The number of ether oxygens (including phenoxy) is 1. The van der Waals surface area contributed by atoms with Gasteiger partial charge in [-0.05, 0) is 18.6 Å². The first-order chi connectivity index (χ1) is 6.60. The van der Waals surface area contributed by atoms with Crippen LogP contribution in [-0.2, 0) is 5.88 Å². The van der Waals surface area contributed by atoms with Crippen LogP contribution in [0.15, 0.2) is 6.07 Å². The van der Waals surface area contributed by atoms with E-state index in [0.29, 0.717) is 17.0 Å². The van der Waals surface area contributed by atoms with Crippen LogP contribution in [0.4, 0.5) is 8.78 Å². The van der Waals surface area contributed by atoms with Gasteiger partial charge in [-0.2, -0.15) is 0 Å². The molecule has 0 aliphatic rings. The highest BCUT2D eigenvalue weighted by atomic mass is 35.5. The fraction of sp³-hybridized carbons (Fsp3) is 0.444. The molecule has 0 radical (unpaired) electrons. The average Bonchev–Trinajstić information content (AvgIpc) is 2.16. The third-order valence-corrected chi connectivity index (χ3v) is 2.10. The Morgan fingerprint density at radius 2 is 2.21 bits per heavy atom. The van der Waals surface area contributed by atoms with Crippen molar-refractivity contribution < 1.29 is 13.5 Å². The van der Waals surface area contributed by atoms with Gasteiger partial charge in [0.2, 0.25) is 0 Å². The van der Waals surface area contributed by atoms with Crippen LogP contribution in [0.3, 0.4) is 0 Å². The van der Waals surface area contributed by atoms with Crippen LogP contribution in [0.25, 0.3) is 0 Å². The van der Waals surface area contributed by atoms with E-state index in [0.717, 1.165) is 0 Å². The molecule has 1 aromatic rings. The molecule has 1 aromatic heterocycles. The summed E-state index contributed by atoms with van der Waals surface area (Å²) in [7, 11) is 1.45. The Labute approximate surface area is 85.9 Å². The molecule has 2 nitrogen and oxygen atoms in total. The van der Waals surface area contributed by atoms with Crippen molar-refractivity contribution in [1.82, 2.24) is 4.98 Å². The second kappa shape index (κ2) is 4.55. The number of alkyl halides is 3. The standard InChI is InChI=1S/C9H10ClF2NO/c1-5-3-7(14-2)6(4-10)13-8(5)9(11)12/h3,9H,4H2,1-2H3. The number of hydrogen-bond acceptors (Lipinski definition) is 2. The smallest absolute Gasteiger partial charge is 0.280 e. The molecule has 0 saturated carbocycles. The number of halogens is 3. The van der Waals surface area contributed by atoms with Gasteiger partial charge in [0.05, 0.1) is 18.7 Å². The van der Waals surface area contributed by atoms with Crippen molar-refractivity contribution in [1.29, 1.82) is 0 Å². The third kappa shape index (κ3) is 2.12. The molecule has 0 bridgehead atoms. The molecule has 78 valence electrons. The largest absolute Gasteiger partial charge is 0.495 e. The normalized spacial score (nSPS) is 10.7. The van der Waals surface area contributed by atoms with E-state index >= 15 is 0 Å². The van der Waals surface area contributed by atoms with Gasteiger partial charge < -0.3 is 4.74 Å². The summed E-state index contributed by atoms with van der Waals surface area (Å²) in [5.41, 5.74) is 0.516. The molecule has 0 amide bonds. The summed E-state index contributed by atoms with van der Waals surface area (Å²) in [5, 5.41) is 0. The van der Waals surface area contributed by atoms with Crippen LogP contribution in [-0.4, -0.2) is 12.1 Å². The van der Waals surface area contributed by atoms with E-state index < -0.39 is 6.43 Å². The summed E-state index contributed by atoms with van der Waals surface area (Å²) >= 11 is 5.55. The van der Waals surface area contributed by atoms with Gasteiger partial charge in [-0.1, -0.05) is 0 Å². The number of hydrogen-bond donors (Lipinski definition) is 0. The molecule has 0 saturated heterocycles. The summed E-state index contributed by atoms with van der Waals surface area (Å²) in [4.78, 5) is 3.75. The predicted molar refractivity (Wildman–Crippen MR) is 50.0 cm³/mol. The maximum Gasteiger partial charge on any atom is 0.280 e. The second-order valence-electron chi connectivity index (χ2n) is 2.77. The van der Waals surface area contributed by atoms with Crippen LogP contribution in [0.2, 0.25) is 0 Å². The van der Waals surface area contributed by atoms with E-state index in [1.807, 2.05) is 0 Å². The Hall–Kier alpha value is -0.900. The zero-order valence-corrected chi connectivity index (χ0v) is 8.61. The van der Waals surface area contributed by atoms with Gasteiger partial charge in [-0.3, -0.25) is 0 Å². The Morgan fingerprint density at radius 3 is 2.64 bits per heavy atom. The van der Waals surface area contributed by atoms with Crippen molar-refractivity contribution >= 4 is 11.6 Å². The maximum atomic E-state index is 12.4. The van der Waals surface area contributed by atoms with E-state index in [2.05, 4.69) is 4.98 Å². The van der Waals surface area contributed by atoms with Crippen molar-refractivity contribution in [3.8, 4) is 5.75 Å². The van der Waals surface area contributed by atoms with Gasteiger partial charge >= 0.3 is 0 Å². The van der Waals surface area contributed by atoms with Crippen LogP contribution < -0.4 is 4.74 Å². The van der Waals surface area contributed by atoms with Gasteiger partial charge in [-0.25, -0.2) is 13.8 Å². The molecular formula is C9H10ClF2NO. The molecule has 1 rings (SSSR count). The summed E-state index contributed by atoms with van der Waals surface area (Å²) < 4.78 is 29.8. The van der Waals surface area contributed by atoms with Crippen molar-refractivity contribution in [2.45, 2.75) is 19.2 Å². The van der Waals surface area contributed by atoms with E-state index in [-0.39, 0.29) is 11.6 Å². The molecule has 1 heterocycles. The zero-order valence-electron chi connectivity index (χ0n) is 7.85. The molecule has 0 aliphatic carbocycles. The predicted octanol–water partition coefficient (Wildman–Crippen LogP) is 3.08. The number of aromatic nitrogens is 1. The number of aryl methyl sites for hydroxylation is 1. The molecule has 0 aliphatic heterocycles. The Balaban J connectivity index is 3.23. The lowest BCUT2D eigenvalue weighted by atomic mass is 10.2. The van der Waals surface area contributed by atoms with Crippen LogP contribution in [0.5, 0.6) is 5.75 Å². The lowest BCUT2D eigenvalue weighted by Gasteiger charge is -2.10. The average molecular weight is 222 g/mol. The minimum absolute atomic E-state index is 0.0587. The van der Waals surface area contributed by atoms with Gasteiger partial charge in [0.25, 0.3) is 6.43 Å². The highest BCUT2D eigenvalue weighted by Crippen LogP contribution is 2.27. The summed E-state index contributed by atoms with van der Waals surface area (Å²) in [6.07, 6.45) is -2.58. The lowest BCUT2D eigenvalue weighted by molar-refractivity contribution is 0.145. The summed E-state index contributed by atoms with van der Waals surface area (Å²) in [6.45, 7) is 1.56. The van der Waals surface area contributed by atoms with Gasteiger partial charge in [-0.15, -0.1) is 11.6 Å². The van der Waals surface area contributed by atoms with Crippen LogP contribution in [0, 0.1) is 6.92 Å². The third-order valence-electron chi connectivity index (χ3n) is 1.84. The monoisotopic (exact) mass is 221 g/mol. The zero-order chi connectivity index (χ0) is 10.7. The Morgan fingerprint density at radius 1 is 1.57 bits per heavy atom. The number of methoxy groups -OCH3 is 1. The van der Waals surface area contributed by atoms with Gasteiger partial charge in [0, 0.05) is 0 Å². The maximum absolute atomic E-state index is 12.4. The molecule has 0 N–H and O–H groups in total. The number of rotatable bonds is 3. The molecule has 0 spiro atoms. The minimum Gasteiger partial charge on any atom is -0.495 e.